The molecule has 1 amide bonds. The van der Waals surface area contributed by atoms with Gasteiger partial charge in [0.1, 0.15) is 5.82 Å². The molecule has 0 aliphatic heterocycles. The molecule has 1 aromatic heterocycles. The molecule has 0 spiro atoms. The van der Waals surface area contributed by atoms with E-state index in [1.165, 1.54) is 12.1 Å². The lowest BCUT2D eigenvalue weighted by molar-refractivity contribution is -0.137. The van der Waals surface area contributed by atoms with E-state index in [9.17, 15) is 18.0 Å². The van der Waals surface area contributed by atoms with Crippen molar-refractivity contribution in [3.63, 3.8) is 0 Å². The van der Waals surface area contributed by atoms with Crippen molar-refractivity contribution < 1.29 is 18.0 Å². The van der Waals surface area contributed by atoms with Crippen LogP contribution in [-0.4, -0.2) is 15.9 Å². The summed E-state index contributed by atoms with van der Waals surface area (Å²) in [5.74, 6) is -0.296. The lowest BCUT2D eigenvalue weighted by atomic mass is 10.1. The minimum atomic E-state index is -4.57. The van der Waals surface area contributed by atoms with Crippen molar-refractivity contribution in [1.29, 1.82) is 0 Å². The van der Waals surface area contributed by atoms with Crippen molar-refractivity contribution in [2.75, 3.05) is 0 Å². The van der Waals surface area contributed by atoms with E-state index in [0.29, 0.717) is 5.82 Å². The molecule has 0 aliphatic carbocycles. The van der Waals surface area contributed by atoms with Gasteiger partial charge in [0, 0.05) is 11.9 Å². The highest BCUT2D eigenvalue weighted by Gasteiger charge is 2.35. The Kier molecular flexibility index (Phi) is 4.02. The highest BCUT2D eigenvalue weighted by Crippen LogP contribution is 2.31. The maximum absolute atomic E-state index is 12.9. The van der Waals surface area contributed by atoms with E-state index in [4.69, 9.17) is 0 Å². The van der Waals surface area contributed by atoms with E-state index in [1.54, 1.807) is 20.0 Å². The fraction of sp³-hybridized carbons (Fsp3) is 0.286. The Balaban J connectivity index is 2.21. The van der Waals surface area contributed by atoms with Crippen LogP contribution >= 0.6 is 0 Å². The maximum atomic E-state index is 12.9. The molecule has 7 heteroatoms. The summed E-state index contributed by atoms with van der Waals surface area (Å²) in [6.07, 6.45) is -2.99. The molecule has 0 radical (unpaired) electrons. The molecule has 2 rings (SSSR count). The number of nitrogens with one attached hydrogen (secondary N) is 2. The minimum Gasteiger partial charge on any atom is -0.344 e. The molecule has 0 saturated heterocycles. The molecule has 4 nitrogen and oxygen atoms in total. The number of hydrogen-bond acceptors (Lipinski definition) is 2. The molecule has 2 N–H and O–H groups in total. The summed E-state index contributed by atoms with van der Waals surface area (Å²) in [5.41, 5.74) is -0.549. The number of halogens is 3. The van der Waals surface area contributed by atoms with Gasteiger partial charge in [-0.25, -0.2) is 4.98 Å². The number of H-pyrrole nitrogens is 1. The first-order valence-electron chi connectivity index (χ1n) is 6.27. The van der Waals surface area contributed by atoms with Gasteiger partial charge in [-0.15, -0.1) is 0 Å². The van der Waals surface area contributed by atoms with Crippen molar-refractivity contribution in [2.45, 2.75) is 26.1 Å². The quantitative estimate of drug-likeness (QED) is 0.914. The third-order valence-electron chi connectivity index (χ3n) is 2.96. The van der Waals surface area contributed by atoms with Crippen molar-refractivity contribution in [3.05, 3.63) is 53.1 Å². The summed E-state index contributed by atoms with van der Waals surface area (Å²) < 4.78 is 38.6. The predicted molar refractivity (Wildman–Crippen MR) is 70.6 cm³/mol. The van der Waals surface area contributed by atoms with E-state index in [0.717, 1.165) is 17.8 Å². The van der Waals surface area contributed by atoms with Crippen LogP contribution in [0.3, 0.4) is 0 Å². The zero-order valence-corrected chi connectivity index (χ0v) is 11.5. The minimum absolute atomic E-state index is 0.403. The van der Waals surface area contributed by atoms with Crippen LogP contribution in [0.4, 0.5) is 13.2 Å². The van der Waals surface area contributed by atoms with Crippen LogP contribution in [0.25, 0.3) is 0 Å². The molecule has 1 heterocycles. The number of amides is 1. The Morgan fingerprint density at radius 3 is 2.57 bits per heavy atom. The van der Waals surface area contributed by atoms with Crippen LogP contribution < -0.4 is 5.32 Å². The second kappa shape index (κ2) is 5.59. The third-order valence-corrected chi connectivity index (χ3v) is 2.96. The van der Waals surface area contributed by atoms with Crippen molar-refractivity contribution in [2.24, 2.45) is 0 Å². The molecule has 21 heavy (non-hydrogen) atoms. The molecule has 0 aliphatic rings. The Bertz CT molecular complexity index is 649. The van der Waals surface area contributed by atoms with Gasteiger partial charge in [-0.1, -0.05) is 12.1 Å². The number of imidazole rings is 1. The Morgan fingerprint density at radius 2 is 2.00 bits per heavy atom. The molecule has 1 aromatic carbocycles. The van der Waals surface area contributed by atoms with Gasteiger partial charge in [0.25, 0.3) is 5.91 Å². The number of nitrogens with zero attached hydrogens (tertiary/aromatic N) is 1. The monoisotopic (exact) mass is 297 g/mol. The number of aromatic amines is 1. The summed E-state index contributed by atoms with van der Waals surface area (Å²) in [6.45, 7) is 3.44. The van der Waals surface area contributed by atoms with Crippen molar-refractivity contribution in [1.82, 2.24) is 15.3 Å². The second-order valence-corrected chi connectivity index (χ2v) is 4.69. The molecule has 2 aromatic rings. The number of alkyl halides is 3. The number of aromatic nitrogens is 2. The molecule has 112 valence electrons. The zero-order chi connectivity index (χ0) is 15.6. The number of benzene rings is 1. The molecule has 0 unspecified atom stereocenters. The van der Waals surface area contributed by atoms with Gasteiger partial charge in [0.05, 0.1) is 17.2 Å². The van der Waals surface area contributed by atoms with Gasteiger partial charge < -0.3 is 10.3 Å². The summed E-state index contributed by atoms with van der Waals surface area (Å²) in [7, 11) is 0. The first-order valence-corrected chi connectivity index (χ1v) is 6.27. The first kappa shape index (κ1) is 15.1. The normalized spacial score (nSPS) is 13.0. The van der Waals surface area contributed by atoms with Gasteiger partial charge in [0.2, 0.25) is 0 Å². The molecular weight excluding hydrogens is 283 g/mol. The van der Waals surface area contributed by atoms with Crippen LogP contribution in [0.2, 0.25) is 0 Å². The predicted octanol–water partition coefficient (Wildman–Crippen LogP) is 3.23. The first-order chi connectivity index (χ1) is 9.79. The Morgan fingerprint density at radius 1 is 1.33 bits per heavy atom. The topological polar surface area (TPSA) is 57.8 Å². The molecule has 0 fully saturated rings. The van der Waals surface area contributed by atoms with Gasteiger partial charge in [-0.05, 0) is 26.0 Å². The highest BCUT2D eigenvalue weighted by atomic mass is 19.4. The Labute approximate surface area is 119 Å². The van der Waals surface area contributed by atoms with Gasteiger partial charge >= 0.3 is 6.18 Å². The van der Waals surface area contributed by atoms with E-state index >= 15 is 0 Å². The molecule has 1 atom stereocenters. The highest BCUT2D eigenvalue weighted by molar-refractivity contribution is 5.96. The Hall–Kier alpha value is -2.31. The third kappa shape index (κ3) is 3.42. The average Bonchev–Trinajstić information content (AvgIpc) is 2.84. The zero-order valence-electron chi connectivity index (χ0n) is 11.5. The fourth-order valence-electron chi connectivity index (χ4n) is 1.92. The number of hydrogen-bond donors (Lipinski definition) is 2. The van der Waals surface area contributed by atoms with E-state index < -0.39 is 29.3 Å². The lowest BCUT2D eigenvalue weighted by Gasteiger charge is -2.15. The lowest BCUT2D eigenvalue weighted by Crippen LogP contribution is -2.29. The maximum Gasteiger partial charge on any atom is 0.417 e. The number of carbonyl (C=O) groups excluding carboxylic acids is 1. The SMILES string of the molecule is Cc1cnc([C@H](C)NC(=O)c2ccccc2C(F)(F)F)[nH]1. The van der Waals surface area contributed by atoms with Crippen LogP contribution in [0.15, 0.2) is 30.5 Å². The number of aryl methyl sites for hydroxylation is 1. The van der Waals surface area contributed by atoms with Gasteiger partial charge in [0.15, 0.2) is 0 Å². The average molecular weight is 297 g/mol. The van der Waals surface area contributed by atoms with Crippen molar-refractivity contribution in [3.8, 4) is 0 Å². The summed E-state index contributed by atoms with van der Waals surface area (Å²) in [4.78, 5) is 19.0. The smallest absolute Gasteiger partial charge is 0.344 e. The number of carbonyl (C=O) groups is 1. The van der Waals surface area contributed by atoms with Crippen LogP contribution in [0.1, 0.15) is 40.4 Å². The fourth-order valence-corrected chi connectivity index (χ4v) is 1.92. The standard InChI is InChI=1S/C14H14F3N3O/c1-8-7-18-12(19-8)9(2)20-13(21)10-5-3-4-6-11(10)14(15,16)17/h3-7,9H,1-2H3,(H,18,19)(H,20,21)/t9-/m0/s1. The second-order valence-electron chi connectivity index (χ2n) is 4.69. The van der Waals surface area contributed by atoms with E-state index in [2.05, 4.69) is 15.3 Å². The van der Waals surface area contributed by atoms with Crippen LogP contribution in [0.5, 0.6) is 0 Å². The summed E-state index contributed by atoms with van der Waals surface area (Å²) in [6, 6.07) is 4.16. The van der Waals surface area contributed by atoms with Crippen LogP contribution in [0, 0.1) is 6.92 Å². The molecule has 0 saturated carbocycles. The van der Waals surface area contributed by atoms with E-state index in [-0.39, 0.29) is 0 Å². The summed E-state index contributed by atoms with van der Waals surface area (Å²) >= 11 is 0. The molecular formula is C14H14F3N3O. The summed E-state index contributed by atoms with van der Waals surface area (Å²) in [5, 5.41) is 2.51. The van der Waals surface area contributed by atoms with Crippen molar-refractivity contribution >= 4 is 5.91 Å². The van der Waals surface area contributed by atoms with Crippen LogP contribution in [-0.2, 0) is 6.18 Å². The molecule has 0 bridgehead atoms. The van der Waals surface area contributed by atoms with Gasteiger partial charge in [-0.3, -0.25) is 4.79 Å². The van der Waals surface area contributed by atoms with Gasteiger partial charge in [-0.2, -0.15) is 13.2 Å². The van der Waals surface area contributed by atoms with E-state index in [1.807, 2.05) is 0 Å². The largest absolute Gasteiger partial charge is 0.417 e. The number of rotatable bonds is 3.